The third-order valence-electron chi connectivity index (χ3n) is 3.30. The van der Waals surface area contributed by atoms with Crippen LogP contribution in [0.3, 0.4) is 0 Å². The summed E-state index contributed by atoms with van der Waals surface area (Å²) in [6.45, 7) is 0.371. The maximum atomic E-state index is 12.4. The Balaban J connectivity index is 1.90. The molecule has 150 valence electrons. The first kappa shape index (κ1) is 22.5. The highest BCUT2D eigenvalue weighted by Gasteiger charge is 2.15. The molecule has 0 fully saturated rings. The maximum Gasteiger partial charge on any atom is 0.276 e. The van der Waals surface area contributed by atoms with Crippen molar-refractivity contribution in [2.24, 2.45) is 0 Å². The topological polar surface area (TPSA) is 85.9 Å². The van der Waals surface area contributed by atoms with Crippen molar-refractivity contribution >= 4 is 55.3 Å². The Bertz CT molecular complexity index is 851. The average Bonchev–Trinajstić information content (AvgIpc) is 2.66. The van der Waals surface area contributed by atoms with E-state index in [-0.39, 0.29) is 18.8 Å². The summed E-state index contributed by atoms with van der Waals surface area (Å²) in [4.78, 5) is 24.3. The molecule has 2 aromatic rings. The second-order valence-corrected chi connectivity index (χ2v) is 7.55. The first-order valence-electron chi connectivity index (χ1n) is 7.99. The van der Waals surface area contributed by atoms with Crippen LogP contribution in [0.2, 0.25) is 5.02 Å². The Morgan fingerprint density at radius 3 is 2.46 bits per heavy atom. The van der Waals surface area contributed by atoms with Crippen molar-refractivity contribution in [3.8, 4) is 11.5 Å². The number of nitrogens with one attached hydrogen (secondary N) is 2. The highest BCUT2D eigenvalue weighted by atomic mass is 79.9. The number of amides is 2. The van der Waals surface area contributed by atoms with E-state index in [1.165, 1.54) is 0 Å². The van der Waals surface area contributed by atoms with Gasteiger partial charge in [0.2, 0.25) is 0 Å². The molecule has 0 saturated carbocycles. The van der Waals surface area contributed by atoms with E-state index >= 15 is 0 Å². The van der Waals surface area contributed by atoms with Gasteiger partial charge in [0.15, 0.2) is 6.61 Å². The molecule has 0 radical (unpaired) electrons. The Kier molecular flexibility index (Phi) is 9.04. The number of carbonyl (C=O) groups excluding carboxylic acids is 2. The van der Waals surface area contributed by atoms with Gasteiger partial charge in [-0.2, -0.15) is 0 Å². The Morgan fingerprint density at radius 2 is 1.75 bits per heavy atom. The summed E-state index contributed by atoms with van der Waals surface area (Å²) in [5.74, 6) is -0.248. The number of benzene rings is 2. The highest BCUT2D eigenvalue weighted by Crippen LogP contribution is 2.27. The van der Waals surface area contributed by atoms with Gasteiger partial charge in [0.05, 0.1) is 16.6 Å². The fraction of sp³-hybridized carbons (Fsp3) is 0.222. The normalized spacial score (nSPS) is 10.3. The summed E-state index contributed by atoms with van der Waals surface area (Å²) < 4.78 is 17.2. The molecule has 2 aromatic carbocycles. The number of ether oxygens (including phenoxy) is 3. The van der Waals surface area contributed by atoms with Crippen molar-refractivity contribution in [2.45, 2.75) is 0 Å². The molecule has 0 bridgehead atoms. The van der Waals surface area contributed by atoms with E-state index in [1.54, 1.807) is 43.5 Å². The van der Waals surface area contributed by atoms with Gasteiger partial charge in [-0.3, -0.25) is 20.4 Å². The molecule has 2 N–H and O–H groups in total. The molecule has 0 aliphatic heterocycles. The van der Waals surface area contributed by atoms with Gasteiger partial charge in [-0.15, -0.1) is 0 Å². The molecule has 0 saturated heterocycles. The molecule has 0 spiro atoms. The summed E-state index contributed by atoms with van der Waals surface area (Å²) in [7, 11) is 1.55. The first-order chi connectivity index (χ1) is 13.4. The monoisotopic (exact) mass is 534 g/mol. The van der Waals surface area contributed by atoms with Crippen molar-refractivity contribution in [2.75, 3.05) is 26.9 Å². The minimum atomic E-state index is -0.535. The van der Waals surface area contributed by atoms with Crippen molar-refractivity contribution < 1.29 is 23.8 Å². The predicted molar refractivity (Wildman–Crippen MR) is 112 cm³/mol. The summed E-state index contributed by atoms with van der Waals surface area (Å²) in [5.41, 5.74) is 4.89. The van der Waals surface area contributed by atoms with E-state index in [9.17, 15) is 9.59 Å². The second kappa shape index (κ2) is 11.3. The summed E-state index contributed by atoms with van der Waals surface area (Å²) >= 11 is 12.5. The minimum Gasteiger partial charge on any atom is -0.490 e. The zero-order valence-electron chi connectivity index (χ0n) is 14.8. The van der Waals surface area contributed by atoms with E-state index in [4.69, 9.17) is 25.8 Å². The lowest BCUT2D eigenvalue weighted by atomic mass is 10.2. The van der Waals surface area contributed by atoms with Gasteiger partial charge in [0, 0.05) is 16.6 Å². The van der Waals surface area contributed by atoms with Crippen LogP contribution in [-0.2, 0) is 9.53 Å². The smallest absolute Gasteiger partial charge is 0.276 e. The fourth-order valence-corrected chi connectivity index (χ4v) is 3.16. The van der Waals surface area contributed by atoms with Crippen LogP contribution in [0.1, 0.15) is 10.4 Å². The Labute approximate surface area is 183 Å². The quantitative estimate of drug-likeness (QED) is 0.397. The van der Waals surface area contributed by atoms with Gasteiger partial charge >= 0.3 is 0 Å². The van der Waals surface area contributed by atoms with Crippen LogP contribution in [0.25, 0.3) is 0 Å². The van der Waals surface area contributed by atoms with Gasteiger partial charge < -0.3 is 14.2 Å². The number of carbonyl (C=O) groups is 2. The Hall–Kier alpha value is -1.81. The van der Waals surface area contributed by atoms with E-state index in [0.29, 0.717) is 32.1 Å². The van der Waals surface area contributed by atoms with E-state index < -0.39 is 11.8 Å². The molecular formula is C18H17Br2ClN2O5. The minimum absolute atomic E-state index is 0.257. The van der Waals surface area contributed by atoms with Gasteiger partial charge in [0.25, 0.3) is 11.8 Å². The number of hydrazine groups is 1. The molecule has 28 heavy (non-hydrogen) atoms. The summed E-state index contributed by atoms with van der Waals surface area (Å²) in [6, 6.07) is 9.90. The lowest BCUT2D eigenvalue weighted by molar-refractivity contribution is -0.123. The number of hydrogen-bond donors (Lipinski definition) is 2. The SMILES string of the molecule is COCCOc1ccc(Br)cc1C(=O)NNC(=O)COc1ccc(Cl)cc1Br. The zero-order valence-corrected chi connectivity index (χ0v) is 18.7. The number of hydrogen-bond acceptors (Lipinski definition) is 5. The van der Waals surface area contributed by atoms with Gasteiger partial charge in [-0.1, -0.05) is 27.5 Å². The van der Waals surface area contributed by atoms with Crippen LogP contribution < -0.4 is 20.3 Å². The van der Waals surface area contributed by atoms with E-state index in [0.717, 1.165) is 0 Å². The van der Waals surface area contributed by atoms with Crippen molar-refractivity contribution in [1.29, 1.82) is 0 Å². The molecule has 2 amide bonds. The highest BCUT2D eigenvalue weighted by molar-refractivity contribution is 9.10. The largest absolute Gasteiger partial charge is 0.490 e. The lowest BCUT2D eigenvalue weighted by Crippen LogP contribution is -2.44. The third-order valence-corrected chi connectivity index (χ3v) is 4.65. The molecule has 0 aliphatic carbocycles. The maximum absolute atomic E-state index is 12.4. The van der Waals surface area contributed by atoms with Crippen molar-refractivity contribution in [1.82, 2.24) is 10.9 Å². The van der Waals surface area contributed by atoms with Crippen LogP contribution in [0.5, 0.6) is 11.5 Å². The summed E-state index contributed by atoms with van der Waals surface area (Å²) in [5, 5.41) is 0.536. The van der Waals surface area contributed by atoms with Crippen LogP contribution in [-0.4, -0.2) is 38.7 Å². The molecule has 0 unspecified atom stereocenters. The van der Waals surface area contributed by atoms with E-state index in [2.05, 4.69) is 42.7 Å². The number of halogens is 3. The standard InChI is InChI=1S/C18H17Br2ClN2O5/c1-26-6-7-27-15-4-2-11(19)8-13(15)18(25)23-22-17(24)10-28-16-5-3-12(21)9-14(16)20/h2-5,8-9H,6-7,10H2,1H3,(H,22,24)(H,23,25). The summed E-state index contributed by atoms with van der Waals surface area (Å²) in [6.07, 6.45) is 0. The molecule has 2 rings (SSSR count). The molecular weight excluding hydrogens is 519 g/mol. The lowest BCUT2D eigenvalue weighted by Gasteiger charge is -2.13. The van der Waals surface area contributed by atoms with E-state index in [1.807, 2.05) is 0 Å². The van der Waals surface area contributed by atoms with Crippen molar-refractivity contribution in [3.05, 3.63) is 55.9 Å². The molecule has 0 aliphatic rings. The number of rotatable bonds is 8. The van der Waals surface area contributed by atoms with Crippen LogP contribution >= 0.6 is 43.5 Å². The van der Waals surface area contributed by atoms with Gasteiger partial charge in [-0.25, -0.2) is 0 Å². The van der Waals surface area contributed by atoms with Gasteiger partial charge in [-0.05, 0) is 52.3 Å². The zero-order chi connectivity index (χ0) is 20.5. The Morgan fingerprint density at radius 1 is 1.00 bits per heavy atom. The molecule has 0 heterocycles. The second-order valence-electron chi connectivity index (χ2n) is 5.35. The molecule has 7 nitrogen and oxygen atoms in total. The van der Waals surface area contributed by atoms with Gasteiger partial charge in [0.1, 0.15) is 18.1 Å². The molecule has 0 aromatic heterocycles. The van der Waals surface area contributed by atoms with Crippen LogP contribution in [0.4, 0.5) is 0 Å². The van der Waals surface area contributed by atoms with Crippen LogP contribution in [0.15, 0.2) is 45.3 Å². The van der Waals surface area contributed by atoms with Crippen molar-refractivity contribution in [3.63, 3.8) is 0 Å². The third kappa shape index (κ3) is 6.97. The molecule has 10 heteroatoms. The predicted octanol–water partition coefficient (Wildman–Crippen LogP) is 3.73. The fourth-order valence-electron chi connectivity index (χ4n) is 2.01. The average molecular weight is 537 g/mol. The first-order valence-corrected chi connectivity index (χ1v) is 9.95. The van der Waals surface area contributed by atoms with Crippen LogP contribution in [0, 0.1) is 0 Å². The molecule has 0 atom stereocenters. The number of methoxy groups -OCH3 is 1.